The number of nitrogens with zero attached hydrogens (tertiary/aromatic N) is 5. The molecule has 1 N–H and O–H groups in total. The molecule has 3 heterocycles. The van der Waals surface area contributed by atoms with Crippen LogP contribution in [0.1, 0.15) is 15.9 Å². The summed E-state index contributed by atoms with van der Waals surface area (Å²) in [7, 11) is 1.68. The van der Waals surface area contributed by atoms with Crippen molar-refractivity contribution in [2.75, 3.05) is 54.9 Å². The summed E-state index contributed by atoms with van der Waals surface area (Å²) in [5, 5.41) is 12.3. The third-order valence-electron chi connectivity index (χ3n) is 5.19. The lowest BCUT2D eigenvalue weighted by atomic mass is 10.1. The van der Waals surface area contributed by atoms with Crippen LogP contribution in [0, 0.1) is 11.3 Å². The Morgan fingerprint density at radius 1 is 1.18 bits per heavy atom. The number of pyridine rings is 1. The van der Waals surface area contributed by atoms with Gasteiger partial charge < -0.3 is 20.0 Å². The molecular weight excluding hydrogens is 356 g/mol. The number of rotatable bonds is 2. The summed E-state index contributed by atoms with van der Waals surface area (Å²) in [5.74, 6) is 0.440. The number of hydrogen-bond donors (Lipinski definition) is 1. The zero-order valence-corrected chi connectivity index (χ0v) is 15.6. The molecule has 1 fully saturated rings. The highest BCUT2D eigenvalue weighted by Crippen LogP contribution is 2.28. The highest BCUT2D eigenvalue weighted by atomic mass is 16.2. The van der Waals surface area contributed by atoms with Gasteiger partial charge >= 0.3 is 0 Å². The molecule has 28 heavy (non-hydrogen) atoms. The fourth-order valence-electron chi connectivity index (χ4n) is 3.55. The Kier molecular flexibility index (Phi) is 4.57. The number of nitriles is 1. The van der Waals surface area contributed by atoms with Crippen LogP contribution in [0.15, 0.2) is 36.5 Å². The monoisotopic (exact) mass is 376 g/mol. The number of amides is 2. The molecule has 0 unspecified atom stereocenters. The number of para-hydroxylation sites is 1. The Labute approximate surface area is 163 Å². The Hall–Kier alpha value is -3.60. The van der Waals surface area contributed by atoms with Gasteiger partial charge in [-0.3, -0.25) is 9.59 Å². The van der Waals surface area contributed by atoms with E-state index in [9.17, 15) is 14.9 Å². The van der Waals surface area contributed by atoms with Crippen molar-refractivity contribution >= 4 is 29.0 Å². The molecular formula is C20H20N6O2. The molecule has 2 aliphatic heterocycles. The molecule has 0 bridgehead atoms. The number of piperazine rings is 1. The third kappa shape index (κ3) is 3.11. The minimum Gasteiger partial charge on any atom is -0.367 e. The predicted octanol–water partition coefficient (Wildman–Crippen LogP) is 1.30. The molecule has 0 radical (unpaired) electrons. The molecule has 4 rings (SSSR count). The number of likely N-dealkylation sites (N-methyl/N-ethyl adjacent to an activating group) is 1. The van der Waals surface area contributed by atoms with E-state index >= 15 is 0 Å². The first-order chi connectivity index (χ1) is 13.6. The van der Waals surface area contributed by atoms with Crippen molar-refractivity contribution < 1.29 is 9.59 Å². The van der Waals surface area contributed by atoms with Crippen LogP contribution >= 0.6 is 0 Å². The van der Waals surface area contributed by atoms with Crippen molar-refractivity contribution in [2.24, 2.45) is 0 Å². The number of fused-ring (bicyclic) bond motifs is 1. The zero-order valence-electron chi connectivity index (χ0n) is 15.6. The van der Waals surface area contributed by atoms with E-state index in [1.54, 1.807) is 30.3 Å². The largest absolute Gasteiger partial charge is 0.367 e. The third-order valence-corrected chi connectivity index (χ3v) is 5.19. The average Bonchev–Trinajstić information content (AvgIpc) is 2.76. The van der Waals surface area contributed by atoms with Crippen molar-refractivity contribution in [2.45, 2.75) is 0 Å². The number of hydrogen-bond acceptors (Lipinski definition) is 6. The van der Waals surface area contributed by atoms with Gasteiger partial charge in [-0.2, -0.15) is 5.26 Å². The quantitative estimate of drug-likeness (QED) is 0.849. The summed E-state index contributed by atoms with van der Waals surface area (Å²) in [6.45, 7) is 2.63. The number of carbonyl (C=O) groups is 2. The molecule has 1 aromatic carbocycles. The van der Waals surface area contributed by atoms with Gasteiger partial charge in [-0.15, -0.1) is 0 Å². The van der Waals surface area contributed by atoms with Crippen molar-refractivity contribution in [3.05, 3.63) is 47.7 Å². The second kappa shape index (κ2) is 7.19. The smallest absolute Gasteiger partial charge is 0.255 e. The number of aromatic nitrogens is 1. The summed E-state index contributed by atoms with van der Waals surface area (Å²) < 4.78 is 0. The Morgan fingerprint density at radius 2 is 1.93 bits per heavy atom. The minimum absolute atomic E-state index is 0.0660. The van der Waals surface area contributed by atoms with Gasteiger partial charge in [-0.25, -0.2) is 4.98 Å². The van der Waals surface area contributed by atoms with Crippen LogP contribution in [0.3, 0.4) is 0 Å². The topological polar surface area (TPSA) is 92.6 Å². The highest BCUT2D eigenvalue weighted by molar-refractivity contribution is 6.03. The molecule has 2 amide bonds. The van der Waals surface area contributed by atoms with E-state index in [4.69, 9.17) is 0 Å². The highest BCUT2D eigenvalue weighted by Gasteiger charge is 2.27. The van der Waals surface area contributed by atoms with Gasteiger partial charge in [0, 0.05) is 39.4 Å². The van der Waals surface area contributed by atoms with E-state index in [1.165, 1.54) is 4.90 Å². The summed E-state index contributed by atoms with van der Waals surface area (Å²) in [4.78, 5) is 34.5. The molecule has 142 valence electrons. The van der Waals surface area contributed by atoms with Crippen LogP contribution in [0.5, 0.6) is 0 Å². The molecule has 1 aromatic heterocycles. The summed E-state index contributed by atoms with van der Waals surface area (Å²) in [5.41, 5.74) is 2.62. The SMILES string of the molecule is CN1C(=O)CNc2ncc(C(=O)N3CCN(c4ccccc4C#N)CC3)cc21. The fraction of sp³-hybridized carbons (Fsp3) is 0.300. The number of anilines is 3. The Morgan fingerprint density at radius 3 is 2.68 bits per heavy atom. The molecule has 0 saturated carbocycles. The van der Waals surface area contributed by atoms with E-state index < -0.39 is 0 Å². The molecule has 0 spiro atoms. The summed E-state index contributed by atoms with van der Waals surface area (Å²) >= 11 is 0. The molecule has 8 nitrogen and oxygen atoms in total. The van der Waals surface area contributed by atoms with Crippen LogP contribution in [0.25, 0.3) is 0 Å². The van der Waals surface area contributed by atoms with Crippen molar-refractivity contribution in [3.8, 4) is 6.07 Å². The molecule has 0 aliphatic carbocycles. The second-order valence-corrected chi connectivity index (χ2v) is 6.81. The van der Waals surface area contributed by atoms with Gasteiger partial charge in [0.25, 0.3) is 5.91 Å². The van der Waals surface area contributed by atoms with E-state index in [2.05, 4.69) is 21.3 Å². The summed E-state index contributed by atoms with van der Waals surface area (Å²) in [6.07, 6.45) is 1.55. The lowest BCUT2D eigenvalue weighted by molar-refractivity contribution is -0.116. The predicted molar refractivity (Wildman–Crippen MR) is 105 cm³/mol. The van der Waals surface area contributed by atoms with Crippen LogP contribution in [0.4, 0.5) is 17.2 Å². The van der Waals surface area contributed by atoms with Gasteiger partial charge in [0.1, 0.15) is 11.9 Å². The maximum absolute atomic E-state index is 12.9. The van der Waals surface area contributed by atoms with E-state index in [-0.39, 0.29) is 18.4 Å². The standard InChI is InChI=1S/C20H20N6O2/c1-24-17-10-15(12-22-19(17)23-13-18(24)27)20(28)26-8-6-25(7-9-26)16-5-3-2-4-14(16)11-21/h2-5,10,12H,6-9,13H2,1H3,(H,22,23). The van der Waals surface area contributed by atoms with Gasteiger partial charge in [-0.1, -0.05) is 12.1 Å². The lowest BCUT2D eigenvalue weighted by Crippen LogP contribution is -2.49. The maximum Gasteiger partial charge on any atom is 0.255 e. The summed E-state index contributed by atoms with van der Waals surface area (Å²) in [6, 6.07) is 11.4. The normalized spacial score (nSPS) is 16.3. The van der Waals surface area contributed by atoms with Crippen LogP contribution in [-0.4, -0.2) is 61.5 Å². The Bertz CT molecular complexity index is 975. The van der Waals surface area contributed by atoms with Gasteiger partial charge in [-0.05, 0) is 18.2 Å². The van der Waals surface area contributed by atoms with Crippen molar-refractivity contribution in [1.29, 1.82) is 5.26 Å². The van der Waals surface area contributed by atoms with Crippen LogP contribution < -0.4 is 15.1 Å². The molecule has 1 saturated heterocycles. The first-order valence-corrected chi connectivity index (χ1v) is 9.12. The number of nitrogens with one attached hydrogen (secondary N) is 1. The number of carbonyl (C=O) groups excluding carboxylic acids is 2. The second-order valence-electron chi connectivity index (χ2n) is 6.81. The van der Waals surface area contributed by atoms with Gasteiger partial charge in [0.15, 0.2) is 0 Å². The molecule has 2 aromatic rings. The van der Waals surface area contributed by atoms with Crippen molar-refractivity contribution in [1.82, 2.24) is 9.88 Å². The van der Waals surface area contributed by atoms with Crippen LogP contribution in [-0.2, 0) is 4.79 Å². The van der Waals surface area contributed by atoms with Gasteiger partial charge in [0.2, 0.25) is 5.91 Å². The van der Waals surface area contributed by atoms with E-state index in [0.717, 1.165) is 5.69 Å². The fourth-order valence-corrected chi connectivity index (χ4v) is 3.55. The van der Waals surface area contributed by atoms with Gasteiger partial charge in [0.05, 0.1) is 29.0 Å². The van der Waals surface area contributed by atoms with E-state index in [1.807, 2.05) is 18.2 Å². The minimum atomic E-state index is -0.102. The zero-order chi connectivity index (χ0) is 19.7. The van der Waals surface area contributed by atoms with E-state index in [0.29, 0.717) is 48.8 Å². The van der Waals surface area contributed by atoms with Crippen LogP contribution in [0.2, 0.25) is 0 Å². The van der Waals surface area contributed by atoms with Crippen molar-refractivity contribution in [3.63, 3.8) is 0 Å². The maximum atomic E-state index is 12.9. The first kappa shape index (κ1) is 17.8. The molecule has 2 aliphatic rings. The average molecular weight is 376 g/mol. The molecule has 0 atom stereocenters. The Balaban J connectivity index is 1.48. The lowest BCUT2D eigenvalue weighted by Gasteiger charge is -2.36. The first-order valence-electron chi connectivity index (χ1n) is 9.12. The number of benzene rings is 1. The molecule has 8 heteroatoms.